The molecule has 25 heteroatoms. The van der Waals surface area contributed by atoms with Gasteiger partial charge in [0.25, 0.3) is 17.1 Å². The van der Waals surface area contributed by atoms with Crippen LogP contribution in [-0.2, 0) is 0 Å². The molecule has 0 atom stereocenters. The molecular formula is C40H32Cl3N9O12S. The molecule has 21 nitrogen and oxygen atoms in total. The largest absolute Gasteiger partial charge is 0.506 e. The molecule has 6 rings (SSSR count). The highest BCUT2D eigenvalue weighted by atomic mass is 35.5. The van der Waals surface area contributed by atoms with Crippen molar-refractivity contribution in [2.45, 2.75) is 4.90 Å². The van der Waals surface area contributed by atoms with Gasteiger partial charge in [0, 0.05) is 23.1 Å². The van der Waals surface area contributed by atoms with Gasteiger partial charge < -0.3 is 47.2 Å². The summed E-state index contributed by atoms with van der Waals surface area (Å²) < 4.78 is 0. The fourth-order valence-corrected chi connectivity index (χ4v) is 6.04. The van der Waals surface area contributed by atoms with Crippen molar-refractivity contribution in [3.05, 3.63) is 167 Å². The van der Waals surface area contributed by atoms with Crippen LogP contribution >= 0.6 is 46.6 Å². The summed E-state index contributed by atoms with van der Waals surface area (Å²) in [5.74, 6) is -1.21. The molecule has 336 valence electrons. The maximum absolute atomic E-state index is 11.9. The fourth-order valence-electron chi connectivity index (χ4n) is 4.96. The second-order valence-electron chi connectivity index (χ2n) is 12.4. The number of halogens is 3. The molecule has 0 aliphatic carbocycles. The minimum Gasteiger partial charge on any atom is -0.506 e. The first-order valence-corrected chi connectivity index (χ1v) is 20.2. The number of non-ortho nitro benzene ring substituents is 3. The Morgan fingerprint density at radius 3 is 1.20 bits per heavy atom. The Kier molecular flexibility index (Phi) is 17.9. The Morgan fingerprint density at radius 2 is 0.800 bits per heavy atom. The van der Waals surface area contributed by atoms with E-state index in [1.54, 1.807) is 54.6 Å². The first-order valence-electron chi connectivity index (χ1n) is 17.8. The molecule has 0 saturated heterocycles. The Bertz CT molecular complexity index is 2770. The second-order valence-corrected chi connectivity index (χ2v) is 14.4. The van der Waals surface area contributed by atoms with E-state index in [-0.39, 0.29) is 55.6 Å². The average Bonchev–Trinajstić information content (AvgIpc) is 3.26. The number of hydrogen-bond acceptors (Lipinski definition) is 13. The molecule has 6 amide bonds. The van der Waals surface area contributed by atoms with E-state index in [1.807, 2.05) is 18.4 Å². The number of rotatable bonds is 10. The van der Waals surface area contributed by atoms with Crippen LogP contribution in [0.25, 0.3) is 0 Å². The number of benzene rings is 6. The Balaban J connectivity index is 0.000000213. The van der Waals surface area contributed by atoms with E-state index in [2.05, 4.69) is 31.9 Å². The van der Waals surface area contributed by atoms with Gasteiger partial charge in [-0.25, -0.2) is 14.4 Å². The van der Waals surface area contributed by atoms with E-state index < -0.39 is 44.4 Å². The molecule has 0 aliphatic heterocycles. The summed E-state index contributed by atoms with van der Waals surface area (Å²) in [6.45, 7) is 0. The number of carbonyl (C=O) groups is 3. The highest BCUT2D eigenvalue weighted by Crippen LogP contribution is 2.33. The molecule has 65 heavy (non-hydrogen) atoms. The first-order chi connectivity index (χ1) is 30.9. The zero-order chi connectivity index (χ0) is 47.8. The van der Waals surface area contributed by atoms with E-state index in [0.717, 1.165) is 29.2 Å². The average molecular weight is 969 g/mol. The number of urea groups is 3. The van der Waals surface area contributed by atoms with Gasteiger partial charge in [-0.15, -0.1) is 11.8 Å². The van der Waals surface area contributed by atoms with Crippen LogP contribution in [0, 0.1) is 30.3 Å². The molecule has 0 spiro atoms. The normalized spacial score (nSPS) is 10.0. The lowest BCUT2D eigenvalue weighted by atomic mass is 10.2. The van der Waals surface area contributed by atoms with Crippen LogP contribution in [0.2, 0.25) is 15.1 Å². The summed E-state index contributed by atoms with van der Waals surface area (Å²) in [4.78, 5) is 66.2. The van der Waals surface area contributed by atoms with E-state index >= 15 is 0 Å². The van der Waals surface area contributed by atoms with Gasteiger partial charge in [-0.3, -0.25) is 30.3 Å². The van der Waals surface area contributed by atoms with E-state index in [0.29, 0.717) is 16.4 Å². The number of amides is 6. The summed E-state index contributed by atoms with van der Waals surface area (Å²) >= 11 is 19.1. The van der Waals surface area contributed by atoms with Crippen molar-refractivity contribution >= 4 is 116 Å². The SMILES string of the molecule is CSc1ccccc1NC(=O)Nc1ccc([N+](=O)[O-])cc1O.O=C(Nc1ccc([N+](=O)[O-])cc1O)Nc1cccc(Cl)c1Cl.O=C(Nc1ccc([N+](=O)[O-])cc1O)Nc1ccccc1Cl. The van der Waals surface area contributed by atoms with Crippen LogP contribution in [0.1, 0.15) is 0 Å². The number of anilines is 6. The highest BCUT2D eigenvalue weighted by Gasteiger charge is 2.16. The summed E-state index contributed by atoms with van der Waals surface area (Å²) in [6.07, 6.45) is 1.89. The molecule has 6 aromatic carbocycles. The van der Waals surface area contributed by atoms with Gasteiger partial charge in [0.15, 0.2) is 0 Å². The third-order valence-electron chi connectivity index (χ3n) is 8.00. The zero-order valence-corrected chi connectivity index (χ0v) is 36.0. The van der Waals surface area contributed by atoms with Crippen molar-refractivity contribution in [3.8, 4) is 17.2 Å². The molecule has 0 unspecified atom stereocenters. The predicted octanol–water partition coefficient (Wildman–Crippen LogP) is 11.5. The molecule has 0 aliphatic rings. The predicted molar refractivity (Wildman–Crippen MR) is 248 cm³/mol. The third-order valence-corrected chi connectivity index (χ3v) is 9.94. The molecule has 0 saturated carbocycles. The van der Waals surface area contributed by atoms with Crippen LogP contribution in [0.4, 0.5) is 65.6 Å². The van der Waals surface area contributed by atoms with Gasteiger partial charge in [-0.05, 0) is 60.9 Å². The quantitative estimate of drug-likeness (QED) is 0.0267. The maximum atomic E-state index is 11.9. The molecule has 0 heterocycles. The smallest absolute Gasteiger partial charge is 0.323 e. The maximum Gasteiger partial charge on any atom is 0.323 e. The van der Waals surface area contributed by atoms with E-state index in [1.165, 1.54) is 42.1 Å². The molecule has 0 radical (unpaired) electrons. The molecule has 0 fully saturated rings. The molecule has 9 N–H and O–H groups in total. The van der Waals surface area contributed by atoms with Gasteiger partial charge in [0.1, 0.15) is 17.2 Å². The summed E-state index contributed by atoms with van der Waals surface area (Å²) in [6, 6.07) is 26.9. The highest BCUT2D eigenvalue weighted by molar-refractivity contribution is 7.98. The standard InChI is InChI=1S/C14H13N3O4S.C13H9Cl2N3O4.C13H10ClN3O4/c1-22-13-5-3-2-4-11(13)16-14(19)15-10-7-6-9(17(20)21)8-12(10)18;14-8-2-1-3-10(12(8)15)17-13(20)16-9-5-4-7(18(21)22)6-11(9)19;14-9-3-1-2-4-10(9)15-13(19)16-11-6-5-8(17(20)21)7-12(11)18/h2-8,18H,1H3,(H2,15,16,19);1-6,19H,(H2,16,17,20);1-7,18H,(H2,15,16,19). The monoisotopic (exact) mass is 967 g/mol. The Hall–Kier alpha value is -8.05. The minimum absolute atomic E-state index is 0.0150. The molecule has 6 aromatic rings. The summed E-state index contributed by atoms with van der Waals surface area (Å²) in [5.41, 5.74) is 0.651. The topological polar surface area (TPSA) is 313 Å². The third kappa shape index (κ3) is 14.8. The molecule has 0 aromatic heterocycles. The number of phenols is 3. The van der Waals surface area contributed by atoms with Crippen molar-refractivity contribution in [2.75, 3.05) is 38.2 Å². The number of thioether (sulfide) groups is 1. The van der Waals surface area contributed by atoms with Crippen LogP contribution in [0.3, 0.4) is 0 Å². The van der Waals surface area contributed by atoms with E-state index in [4.69, 9.17) is 34.8 Å². The number of nitro groups is 3. The summed E-state index contributed by atoms with van der Waals surface area (Å²) in [5, 5.41) is 76.3. The number of hydrogen-bond donors (Lipinski definition) is 9. The number of nitrogens with zero attached hydrogens (tertiary/aromatic N) is 3. The van der Waals surface area contributed by atoms with Gasteiger partial charge in [-0.1, -0.05) is 65.1 Å². The van der Waals surface area contributed by atoms with Crippen LogP contribution in [-0.4, -0.2) is 54.4 Å². The zero-order valence-electron chi connectivity index (χ0n) is 32.9. The molecule has 0 bridgehead atoms. The lowest BCUT2D eigenvalue weighted by molar-refractivity contribution is -0.385. The van der Waals surface area contributed by atoms with Gasteiger partial charge in [-0.2, -0.15) is 0 Å². The fraction of sp³-hybridized carbons (Fsp3) is 0.0250. The number of nitro benzene ring substituents is 3. The second kappa shape index (κ2) is 23.4. The Morgan fingerprint density at radius 1 is 0.462 bits per heavy atom. The van der Waals surface area contributed by atoms with Gasteiger partial charge in [0.05, 0.1) is 82.2 Å². The number of para-hydroxylation sites is 2. The lowest BCUT2D eigenvalue weighted by Gasteiger charge is -2.11. The number of carbonyl (C=O) groups excluding carboxylic acids is 3. The minimum atomic E-state index is -0.687. The van der Waals surface area contributed by atoms with Crippen molar-refractivity contribution in [1.29, 1.82) is 0 Å². The molecular weight excluding hydrogens is 937 g/mol. The van der Waals surface area contributed by atoms with E-state index in [9.17, 15) is 60.0 Å². The number of phenolic OH excluding ortho intramolecular Hbond substituents is 3. The van der Waals surface area contributed by atoms with Crippen molar-refractivity contribution in [1.82, 2.24) is 0 Å². The van der Waals surface area contributed by atoms with Crippen LogP contribution in [0.15, 0.2) is 126 Å². The van der Waals surface area contributed by atoms with Crippen molar-refractivity contribution in [2.24, 2.45) is 0 Å². The van der Waals surface area contributed by atoms with Crippen LogP contribution < -0.4 is 31.9 Å². The number of aromatic hydroxyl groups is 3. The number of nitrogens with one attached hydrogen (secondary N) is 6. The van der Waals surface area contributed by atoms with Gasteiger partial charge in [0.2, 0.25) is 0 Å². The van der Waals surface area contributed by atoms with Gasteiger partial charge >= 0.3 is 18.1 Å². The van der Waals surface area contributed by atoms with Crippen molar-refractivity contribution in [3.63, 3.8) is 0 Å². The summed E-state index contributed by atoms with van der Waals surface area (Å²) in [7, 11) is 0. The lowest BCUT2D eigenvalue weighted by Crippen LogP contribution is -2.19. The van der Waals surface area contributed by atoms with Crippen LogP contribution in [0.5, 0.6) is 17.2 Å². The van der Waals surface area contributed by atoms with Crippen molar-refractivity contribution < 1.29 is 44.5 Å². The Labute approximate surface area is 385 Å². The first kappa shape index (κ1) is 49.6.